The van der Waals surface area contributed by atoms with Gasteiger partial charge in [-0.25, -0.2) is 8.78 Å². The Morgan fingerprint density at radius 3 is 2.76 bits per heavy atom. The normalized spacial score (nSPS) is 13.8. The summed E-state index contributed by atoms with van der Waals surface area (Å²) < 4.78 is 28.3. The second-order valence-electron chi connectivity index (χ2n) is 4.82. The van der Waals surface area contributed by atoms with Crippen LogP contribution < -0.4 is 11.1 Å². The van der Waals surface area contributed by atoms with Crippen molar-refractivity contribution in [2.45, 2.75) is 19.0 Å². The van der Waals surface area contributed by atoms with E-state index in [0.29, 0.717) is 5.56 Å². The van der Waals surface area contributed by atoms with Gasteiger partial charge in [-0.2, -0.15) is 5.10 Å². The van der Waals surface area contributed by atoms with E-state index in [4.69, 9.17) is 5.73 Å². The second kappa shape index (κ2) is 6.01. The van der Waals surface area contributed by atoms with Gasteiger partial charge < -0.3 is 11.1 Å². The average Bonchev–Trinajstić information content (AvgIpc) is 2.87. The van der Waals surface area contributed by atoms with Gasteiger partial charge in [-0.05, 0) is 25.1 Å². The van der Waals surface area contributed by atoms with Crippen LogP contribution in [0.4, 0.5) is 8.78 Å². The third-order valence-electron chi connectivity index (χ3n) is 3.15. The minimum absolute atomic E-state index is 0.0711. The lowest BCUT2D eigenvalue weighted by molar-refractivity contribution is -0.123. The Hall–Kier alpha value is -2.28. The summed E-state index contributed by atoms with van der Waals surface area (Å²) in [4.78, 5) is 12.0. The van der Waals surface area contributed by atoms with Crippen molar-refractivity contribution in [2.24, 2.45) is 12.8 Å². The van der Waals surface area contributed by atoms with E-state index in [1.54, 1.807) is 20.2 Å². The number of nitrogens with two attached hydrogens (primary N) is 1. The number of rotatable bonds is 4. The zero-order valence-electron chi connectivity index (χ0n) is 11.7. The molecule has 1 aromatic carbocycles. The largest absolute Gasteiger partial charge is 0.348 e. The van der Waals surface area contributed by atoms with E-state index < -0.39 is 29.6 Å². The van der Waals surface area contributed by atoms with Crippen LogP contribution in [0.5, 0.6) is 0 Å². The smallest absolute Gasteiger partial charge is 0.242 e. The van der Waals surface area contributed by atoms with Gasteiger partial charge in [0.2, 0.25) is 5.91 Å². The Morgan fingerprint density at radius 1 is 1.43 bits per heavy atom. The first kappa shape index (κ1) is 15.1. The Bertz CT molecular complexity index is 656. The van der Waals surface area contributed by atoms with Gasteiger partial charge in [-0.3, -0.25) is 9.48 Å². The molecule has 0 aliphatic rings. The van der Waals surface area contributed by atoms with Gasteiger partial charge in [0.1, 0.15) is 17.7 Å². The summed E-state index contributed by atoms with van der Waals surface area (Å²) in [5, 5.41) is 6.49. The molecule has 0 saturated heterocycles. The maximum atomic E-state index is 13.6. The number of aryl methyl sites for hydroxylation is 1. The minimum Gasteiger partial charge on any atom is -0.348 e. The number of aromatic nitrogens is 2. The molecule has 7 heteroatoms. The molecule has 1 aromatic heterocycles. The number of hydrogen-bond donors (Lipinski definition) is 2. The molecule has 0 spiro atoms. The molecule has 5 nitrogen and oxygen atoms in total. The molecule has 0 bridgehead atoms. The highest BCUT2D eigenvalue weighted by Crippen LogP contribution is 2.19. The zero-order valence-corrected chi connectivity index (χ0v) is 11.7. The Balaban J connectivity index is 2.10. The molecule has 21 heavy (non-hydrogen) atoms. The zero-order chi connectivity index (χ0) is 15.6. The van der Waals surface area contributed by atoms with Crippen molar-refractivity contribution >= 4 is 5.91 Å². The van der Waals surface area contributed by atoms with Crippen molar-refractivity contribution in [2.75, 3.05) is 0 Å². The van der Waals surface area contributed by atoms with E-state index >= 15 is 0 Å². The monoisotopic (exact) mass is 294 g/mol. The Labute approximate surface area is 120 Å². The second-order valence-corrected chi connectivity index (χ2v) is 4.82. The SMILES string of the molecule is CC(NC(=O)C(N)c1cnn(C)c1)c1cc(F)ccc1F. The summed E-state index contributed by atoms with van der Waals surface area (Å²) in [6.07, 6.45) is 3.11. The van der Waals surface area contributed by atoms with E-state index in [2.05, 4.69) is 10.4 Å². The topological polar surface area (TPSA) is 72.9 Å². The van der Waals surface area contributed by atoms with Crippen molar-refractivity contribution in [3.05, 3.63) is 53.4 Å². The standard InChI is InChI=1S/C14H16F2N4O/c1-8(11-5-10(15)3-4-12(11)16)19-14(21)13(17)9-6-18-20(2)7-9/h3-8,13H,17H2,1-2H3,(H,19,21). The van der Waals surface area contributed by atoms with Crippen molar-refractivity contribution in [3.63, 3.8) is 0 Å². The van der Waals surface area contributed by atoms with E-state index in [9.17, 15) is 13.6 Å². The molecule has 0 radical (unpaired) electrons. The van der Waals surface area contributed by atoms with Gasteiger partial charge in [0, 0.05) is 24.4 Å². The van der Waals surface area contributed by atoms with Crippen LogP contribution in [0.15, 0.2) is 30.6 Å². The molecule has 112 valence electrons. The molecule has 0 aliphatic carbocycles. The van der Waals surface area contributed by atoms with Gasteiger partial charge in [0.15, 0.2) is 0 Å². The molecule has 2 rings (SSSR count). The van der Waals surface area contributed by atoms with E-state index in [1.807, 2.05) is 0 Å². The first-order valence-electron chi connectivity index (χ1n) is 6.38. The molecule has 2 aromatic rings. The van der Waals surface area contributed by atoms with Crippen LogP contribution in [0.1, 0.15) is 30.1 Å². The summed E-state index contributed by atoms with van der Waals surface area (Å²) in [7, 11) is 1.71. The van der Waals surface area contributed by atoms with Gasteiger partial charge in [0.25, 0.3) is 0 Å². The van der Waals surface area contributed by atoms with Crippen molar-refractivity contribution < 1.29 is 13.6 Å². The Kier molecular flexibility index (Phi) is 4.32. The van der Waals surface area contributed by atoms with Gasteiger partial charge in [-0.15, -0.1) is 0 Å². The van der Waals surface area contributed by atoms with Crippen LogP contribution in [-0.4, -0.2) is 15.7 Å². The fraction of sp³-hybridized carbons (Fsp3) is 0.286. The van der Waals surface area contributed by atoms with Crippen LogP contribution >= 0.6 is 0 Å². The maximum Gasteiger partial charge on any atom is 0.242 e. The number of nitrogens with zero attached hydrogens (tertiary/aromatic N) is 2. The fourth-order valence-electron chi connectivity index (χ4n) is 1.98. The number of benzene rings is 1. The highest BCUT2D eigenvalue weighted by atomic mass is 19.1. The number of carbonyl (C=O) groups is 1. The van der Waals surface area contributed by atoms with Crippen LogP contribution in [0.3, 0.4) is 0 Å². The summed E-state index contributed by atoms with van der Waals surface area (Å²) in [5.74, 6) is -1.64. The number of hydrogen-bond acceptors (Lipinski definition) is 3. The van der Waals surface area contributed by atoms with Gasteiger partial charge >= 0.3 is 0 Å². The molecule has 2 atom stereocenters. The highest BCUT2D eigenvalue weighted by molar-refractivity contribution is 5.83. The minimum atomic E-state index is -0.919. The third kappa shape index (κ3) is 3.43. The van der Waals surface area contributed by atoms with E-state index in [1.165, 1.54) is 10.9 Å². The molecule has 2 unspecified atom stereocenters. The van der Waals surface area contributed by atoms with E-state index in [-0.39, 0.29) is 5.56 Å². The van der Waals surface area contributed by atoms with Crippen molar-refractivity contribution in [3.8, 4) is 0 Å². The van der Waals surface area contributed by atoms with Gasteiger partial charge in [0.05, 0.1) is 12.2 Å². The summed E-state index contributed by atoms with van der Waals surface area (Å²) in [6.45, 7) is 1.56. The molecular weight excluding hydrogens is 278 g/mol. The quantitative estimate of drug-likeness (QED) is 0.899. The van der Waals surface area contributed by atoms with Crippen LogP contribution in [0, 0.1) is 11.6 Å². The van der Waals surface area contributed by atoms with E-state index in [0.717, 1.165) is 18.2 Å². The van der Waals surface area contributed by atoms with Crippen LogP contribution in [0.25, 0.3) is 0 Å². The summed E-state index contributed by atoms with van der Waals surface area (Å²) >= 11 is 0. The molecule has 1 heterocycles. The number of nitrogens with one attached hydrogen (secondary N) is 1. The molecular formula is C14H16F2N4O. The fourth-order valence-corrected chi connectivity index (χ4v) is 1.98. The molecule has 1 amide bonds. The summed E-state index contributed by atoms with van der Waals surface area (Å²) in [6, 6.07) is 1.48. The summed E-state index contributed by atoms with van der Waals surface area (Å²) in [5.41, 5.74) is 6.43. The lowest BCUT2D eigenvalue weighted by atomic mass is 10.1. The third-order valence-corrected chi connectivity index (χ3v) is 3.15. The lowest BCUT2D eigenvalue weighted by Gasteiger charge is -2.17. The predicted octanol–water partition coefficient (Wildman–Crippen LogP) is 1.58. The highest BCUT2D eigenvalue weighted by Gasteiger charge is 2.21. The first-order chi connectivity index (χ1) is 9.88. The molecule has 0 aliphatic heterocycles. The van der Waals surface area contributed by atoms with Crippen LogP contribution in [-0.2, 0) is 11.8 Å². The molecule has 3 N–H and O–H groups in total. The van der Waals surface area contributed by atoms with Gasteiger partial charge in [-0.1, -0.05) is 0 Å². The predicted molar refractivity (Wildman–Crippen MR) is 73.1 cm³/mol. The Morgan fingerprint density at radius 2 is 2.14 bits per heavy atom. The first-order valence-corrected chi connectivity index (χ1v) is 6.38. The average molecular weight is 294 g/mol. The number of carbonyl (C=O) groups excluding carboxylic acids is 1. The maximum absolute atomic E-state index is 13.6. The van der Waals surface area contributed by atoms with Crippen molar-refractivity contribution in [1.82, 2.24) is 15.1 Å². The lowest BCUT2D eigenvalue weighted by Crippen LogP contribution is -2.35. The number of halogens is 2. The molecule has 0 saturated carbocycles. The number of amides is 1. The van der Waals surface area contributed by atoms with Crippen molar-refractivity contribution in [1.29, 1.82) is 0 Å². The molecule has 0 fully saturated rings. The van der Waals surface area contributed by atoms with Crippen LogP contribution in [0.2, 0.25) is 0 Å².